The molecule has 7 heteroatoms. The molecular weight excluding hydrogens is 360 g/mol. The van der Waals surface area contributed by atoms with Crippen molar-refractivity contribution in [3.63, 3.8) is 0 Å². The van der Waals surface area contributed by atoms with Crippen LogP contribution >= 0.6 is 23.2 Å². The van der Waals surface area contributed by atoms with Crippen molar-refractivity contribution in [1.29, 1.82) is 0 Å². The van der Waals surface area contributed by atoms with Crippen molar-refractivity contribution in [3.05, 3.63) is 50.8 Å². The Morgan fingerprint density at radius 2 is 1.67 bits per heavy atom. The molecule has 1 aromatic carbocycles. The number of benzene rings is 1. The molecule has 2 nitrogen and oxygen atoms in total. The van der Waals surface area contributed by atoms with E-state index in [-0.39, 0.29) is 16.1 Å². The van der Waals surface area contributed by atoms with Gasteiger partial charge >= 0.3 is 6.18 Å². The Balaban J connectivity index is 2.57. The van der Waals surface area contributed by atoms with Gasteiger partial charge in [-0.05, 0) is 50.5 Å². The quantitative estimate of drug-likeness (QED) is 0.726. The largest absolute Gasteiger partial charge is 0.416 e. The molecule has 24 heavy (non-hydrogen) atoms. The van der Waals surface area contributed by atoms with Crippen LogP contribution in [0.4, 0.5) is 13.2 Å². The Hall–Kier alpha value is -1.17. The Bertz CT molecular complexity index is 728. The highest BCUT2D eigenvalue weighted by Crippen LogP contribution is 2.39. The van der Waals surface area contributed by atoms with Gasteiger partial charge in [0, 0.05) is 17.4 Å². The number of aromatic nitrogens is 1. The molecule has 0 amide bonds. The number of alkyl halides is 3. The fraction of sp³-hybridized carbons (Fsp3) is 0.412. The minimum Gasteiger partial charge on any atom is -0.327 e. The standard InChI is InChI=1S/C17H19Cl2F3N2/c1-4-13(23)6-11-5-9(2)24(10(11)3)16-14(18)7-12(8-15(16)19)17(20,21)22/h5,7-8,13H,4,6,23H2,1-3H3. The number of nitrogens with zero attached hydrogens (tertiary/aromatic N) is 1. The lowest BCUT2D eigenvalue weighted by atomic mass is 10.1. The van der Waals surface area contributed by atoms with Crippen molar-refractivity contribution in [1.82, 2.24) is 4.57 Å². The van der Waals surface area contributed by atoms with E-state index in [0.717, 1.165) is 35.5 Å². The lowest BCUT2D eigenvalue weighted by Crippen LogP contribution is -2.21. The first kappa shape index (κ1) is 19.2. The van der Waals surface area contributed by atoms with E-state index in [1.54, 1.807) is 4.57 Å². The zero-order chi connectivity index (χ0) is 18.2. The van der Waals surface area contributed by atoms with Crippen LogP contribution in [0.2, 0.25) is 10.0 Å². The van der Waals surface area contributed by atoms with Crippen LogP contribution in [-0.2, 0) is 12.6 Å². The predicted octanol–water partition coefficient (Wildman–Crippen LogP) is 5.70. The lowest BCUT2D eigenvalue weighted by molar-refractivity contribution is -0.137. The molecule has 0 radical (unpaired) electrons. The molecule has 1 aromatic heterocycles. The van der Waals surface area contributed by atoms with Crippen molar-refractivity contribution in [2.24, 2.45) is 5.73 Å². The zero-order valence-corrected chi connectivity index (χ0v) is 15.1. The molecule has 2 rings (SSSR count). The van der Waals surface area contributed by atoms with Gasteiger partial charge in [-0.1, -0.05) is 30.1 Å². The second kappa shape index (κ2) is 6.98. The van der Waals surface area contributed by atoms with E-state index in [0.29, 0.717) is 12.1 Å². The van der Waals surface area contributed by atoms with Gasteiger partial charge < -0.3 is 10.3 Å². The molecule has 0 bridgehead atoms. The summed E-state index contributed by atoms with van der Waals surface area (Å²) in [4.78, 5) is 0. The molecule has 0 spiro atoms. The first-order chi connectivity index (χ1) is 11.1. The van der Waals surface area contributed by atoms with Crippen LogP contribution in [0, 0.1) is 13.8 Å². The summed E-state index contributed by atoms with van der Waals surface area (Å²) in [6, 6.07) is 3.80. The average Bonchev–Trinajstić information content (AvgIpc) is 2.73. The third kappa shape index (κ3) is 3.73. The van der Waals surface area contributed by atoms with Gasteiger partial charge in [-0.25, -0.2) is 0 Å². The summed E-state index contributed by atoms with van der Waals surface area (Å²) in [6.45, 7) is 5.75. The van der Waals surface area contributed by atoms with E-state index in [1.165, 1.54) is 0 Å². The van der Waals surface area contributed by atoms with Crippen molar-refractivity contribution >= 4 is 23.2 Å². The van der Waals surface area contributed by atoms with Crippen LogP contribution in [0.15, 0.2) is 18.2 Å². The Morgan fingerprint density at radius 3 is 2.12 bits per heavy atom. The molecular formula is C17H19Cl2F3N2. The first-order valence-corrected chi connectivity index (χ1v) is 8.31. The molecule has 0 aliphatic carbocycles. The van der Waals surface area contributed by atoms with Crippen LogP contribution < -0.4 is 5.73 Å². The molecule has 0 fully saturated rings. The average molecular weight is 379 g/mol. The number of hydrogen-bond donors (Lipinski definition) is 1. The van der Waals surface area contributed by atoms with Crippen LogP contribution in [0.1, 0.15) is 35.9 Å². The zero-order valence-electron chi connectivity index (χ0n) is 13.6. The third-order valence-electron chi connectivity index (χ3n) is 4.11. The van der Waals surface area contributed by atoms with E-state index in [9.17, 15) is 13.2 Å². The van der Waals surface area contributed by atoms with Gasteiger partial charge in [0.05, 0.1) is 21.3 Å². The van der Waals surface area contributed by atoms with E-state index >= 15 is 0 Å². The van der Waals surface area contributed by atoms with Crippen LogP contribution in [-0.4, -0.2) is 10.6 Å². The van der Waals surface area contributed by atoms with Gasteiger partial charge in [0.2, 0.25) is 0 Å². The van der Waals surface area contributed by atoms with Gasteiger partial charge in [0.15, 0.2) is 0 Å². The van der Waals surface area contributed by atoms with E-state index < -0.39 is 11.7 Å². The third-order valence-corrected chi connectivity index (χ3v) is 4.69. The van der Waals surface area contributed by atoms with E-state index in [2.05, 4.69) is 0 Å². The maximum atomic E-state index is 12.9. The van der Waals surface area contributed by atoms with E-state index in [1.807, 2.05) is 26.8 Å². The SMILES string of the molecule is CCC(N)Cc1cc(C)n(-c2c(Cl)cc(C(F)(F)F)cc2Cl)c1C. The Kier molecular flexibility index (Phi) is 5.57. The minimum atomic E-state index is -4.49. The molecule has 0 saturated carbocycles. The number of rotatable bonds is 4. The number of aryl methyl sites for hydroxylation is 1. The predicted molar refractivity (Wildman–Crippen MR) is 92.2 cm³/mol. The highest BCUT2D eigenvalue weighted by atomic mass is 35.5. The van der Waals surface area contributed by atoms with Gasteiger partial charge in [0.1, 0.15) is 0 Å². The van der Waals surface area contributed by atoms with Crippen molar-refractivity contribution in [3.8, 4) is 5.69 Å². The maximum absolute atomic E-state index is 12.9. The fourth-order valence-corrected chi connectivity index (χ4v) is 3.41. The van der Waals surface area contributed by atoms with Crippen molar-refractivity contribution < 1.29 is 13.2 Å². The van der Waals surface area contributed by atoms with Gasteiger partial charge in [-0.15, -0.1) is 0 Å². The number of nitrogens with two attached hydrogens (primary N) is 1. The molecule has 1 atom stereocenters. The van der Waals surface area contributed by atoms with E-state index in [4.69, 9.17) is 28.9 Å². The molecule has 132 valence electrons. The highest BCUT2D eigenvalue weighted by Gasteiger charge is 2.32. The molecule has 2 aromatic rings. The number of halogens is 5. The minimum absolute atomic E-state index is 0.0255. The van der Waals surface area contributed by atoms with Gasteiger partial charge in [-0.2, -0.15) is 13.2 Å². The summed E-state index contributed by atoms with van der Waals surface area (Å²) in [6.07, 6.45) is -2.97. The molecule has 0 saturated heterocycles. The normalized spacial score (nSPS) is 13.4. The van der Waals surface area contributed by atoms with Gasteiger partial charge in [-0.3, -0.25) is 0 Å². The summed E-state index contributed by atoms with van der Waals surface area (Å²) in [5, 5.41) is -0.0778. The molecule has 0 aliphatic rings. The monoisotopic (exact) mass is 378 g/mol. The smallest absolute Gasteiger partial charge is 0.327 e. The first-order valence-electron chi connectivity index (χ1n) is 7.56. The summed E-state index contributed by atoms with van der Waals surface area (Å²) in [5.74, 6) is 0. The van der Waals surface area contributed by atoms with Crippen molar-refractivity contribution in [2.75, 3.05) is 0 Å². The maximum Gasteiger partial charge on any atom is 0.416 e. The fourth-order valence-electron chi connectivity index (χ4n) is 2.75. The topological polar surface area (TPSA) is 30.9 Å². The summed E-state index contributed by atoms with van der Waals surface area (Å²) in [5.41, 5.74) is 8.26. The van der Waals surface area contributed by atoms with Crippen LogP contribution in [0.25, 0.3) is 5.69 Å². The summed E-state index contributed by atoms with van der Waals surface area (Å²) < 4.78 is 40.4. The Morgan fingerprint density at radius 1 is 1.12 bits per heavy atom. The van der Waals surface area contributed by atoms with Crippen LogP contribution in [0.5, 0.6) is 0 Å². The second-order valence-corrected chi connectivity index (χ2v) is 6.70. The summed E-state index contributed by atoms with van der Waals surface area (Å²) >= 11 is 12.3. The summed E-state index contributed by atoms with van der Waals surface area (Å²) in [7, 11) is 0. The molecule has 1 heterocycles. The molecule has 1 unspecified atom stereocenters. The highest BCUT2D eigenvalue weighted by molar-refractivity contribution is 6.38. The van der Waals surface area contributed by atoms with Gasteiger partial charge in [0.25, 0.3) is 0 Å². The molecule has 2 N–H and O–H groups in total. The van der Waals surface area contributed by atoms with Crippen molar-refractivity contribution in [2.45, 2.75) is 45.8 Å². The second-order valence-electron chi connectivity index (χ2n) is 5.89. The lowest BCUT2D eigenvalue weighted by Gasteiger charge is -2.17. The Labute approximate surface area is 149 Å². The van der Waals surface area contributed by atoms with Crippen LogP contribution in [0.3, 0.4) is 0 Å². The molecule has 0 aliphatic heterocycles. The number of hydrogen-bond acceptors (Lipinski definition) is 1.